The lowest BCUT2D eigenvalue weighted by molar-refractivity contribution is -0.137. The van der Waals surface area contributed by atoms with Gasteiger partial charge in [-0.05, 0) is 31.2 Å². The molecule has 0 radical (unpaired) electrons. The van der Waals surface area contributed by atoms with Crippen molar-refractivity contribution in [2.24, 2.45) is 0 Å². The maximum Gasteiger partial charge on any atom is 0.334 e. The van der Waals surface area contributed by atoms with Gasteiger partial charge in [0.15, 0.2) is 5.75 Å². The Morgan fingerprint density at radius 2 is 1.96 bits per heavy atom. The zero-order valence-corrected chi connectivity index (χ0v) is 13.2. The number of para-hydroxylation sites is 4. The first kappa shape index (κ1) is 15.9. The Bertz CT molecular complexity index is 760. The minimum atomic E-state index is -0.723. The Morgan fingerprint density at radius 1 is 1.21 bits per heavy atom. The van der Waals surface area contributed by atoms with Gasteiger partial charge in [-0.2, -0.15) is 0 Å². The van der Waals surface area contributed by atoms with Gasteiger partial charge in [0, 0.05) is 0 Å². The highest BCUT2D eigenvalue weighted by Crippen LogP contribution is 2.30. The quantitative estimate of drug-likeness (QED) is 0.653. The Hall–Kier alpha value is -3.02. The largest absolute Gasteiger partial charge is 0.492 e. The topological polar surface area (TPSA) is 76.7 Å². The molecule has 0 fully saturated rings. The van der Waals surface area contributed by atoms with Crippen molar-refractivity contribution >= 4 is 23.3 Å². The van der Waals surface area contributed by atoms with E-state index in [0.717, 1.165) is 0 Å². The molecule has 2 aromatic rings. The van der Waals surface area contributed by atoms with E-state index in [1.54, 1.807) is 30.3 Å². The highest BCUT2D eigenvalue weighted by molar-refractivity contribution is 5.97. The fourth-order valence-corrected chi connectivity index (χ4v) is 2.47. The van der Waals surface area contributed by atoms with Crippen molar-refractivity contribution in [1.82, 2.24) is 0 Å². The van der Waals surface area contributed by atoms with Gasteiger partial charge in [-0.3, -0.25) is 4.79 Å². The predicted octanol–water partition coefficient (Wildman–Crippen LogP) is 2.81. The number of hydrogen-bond donors (Lipinski definition) is 2. The molecule has 6 nitrogen and oxygen atoms in total. The van der Waals surface area contributed by atoms with Gasteiger partial charge in [-0.15, -0.1) is 0 Å². The van der Waals surface area contributed by atoms with E-state index in [1.165, 1.54) is 0 Å². The van der Waals surface area contributed by atoms with Crippen LogP contribution >= 0.6 is 0 Å². The van der Waals surface area contributed by atoms with Crippen LogP contribution < -0.4 is 20.1 Å². The first-order chi connectivity index (χ1) is 11.7. The molecule has 1 aliphatic rings. The normalized spacial score (nSPS) is 15.7. The first-order valence-electron chi connectivity index (χ1n) is 7.76. The van der Waals surface area contributed by atoms with Gasteiger partial charge in [0.2, 0.25) is 5.91 Å². The van der Waals surface area contributed by atoms with E-state index in [4.69, 9.17) is 9.47 Å². The van der Waals surface area contributed by atoms with Gasteiger partial charge < -0.3 is 20.1 Å². The molecule has 2 N–H and O–H groups in total. The number of fused-ring (bicyclic) bond motifs is 1. The summed E-state index contributed by atoms with van der Waals surface area (Å²) in [6.07, 6.45) is -0.0341. The van der Waals surface area contributed by atoms with Gasteiger partial charge >= 0.3 is 5.97 Å². The van der Waals surface area contributed by atoms with Crippen LogP contribution in [0.25, 0.3) is 0 Å². The SMILES string of the molecule is CCOc1ccccc1NC(=O)C[C@H]1Nc2ccccc2OC1=O. The molecule has 3 rings (SSSR count). The second kappa shape index (κ2) is 7.04. The number of benzene rings is 2. The highest BCUT2D eigenvalue weighted by Gasteiger charge is 2.29. The maximum atomic E-state index is 12.3. The third-order valence-corrected chi connectivity index (χ3v) is 3.56. The molecule has 0 unspecified atom stereocenters. The number of hydrogen-bond acceptors (Lipinski definition) is 5. The minimum absolute atomic E-state index is 0.0341. The van der Waals surface area contributed by atoms with Crippen LogP contribution in [0.3, 0.4) is 0 Å². The van der Waals surface area contributed by atoms with Gasteiger partial charge in [-0.1, -0.05) is 24.3 Å². The third kappa shape index (κ3) is 3.48. The molecule has 24 heavy (non-hydrogen) atoms. The average Bonchev–Trinajstić information content (AvgIpc) is 2.57. The summed E-state index contributed by atoms with van der Waals surface area (Å²) in [4.78, 5) is 24.3. The van der Waals surface area contributed by atoms with Crippen LogP contribution in [-0.4, -0.2) is 24.5 Å². The van der Waals surface area contributed by atoms with Crippen LogP contribution in [0.4, 0.5) is 11.4 Å². The lowest BCUT2D eigenvalue weighted by Gasteiger charge is -2.25. The molecule has 0 spiro atoms. The predicted molar refractivity (Wildman–Crippen MR) is 90.3 cm³/mol. The Kier molecular flexibility index (Phi) is 4.65. The van der Waals surface area contributed by atoms with Crippen molar-refractivity contribution in [2.45, 2.75) is 19.4 Å². The number of esters is 1. The molecule has 0 bridgehead atoms. The number of rotatable bonds is 5. The maximum absolute atomic E-state index is 12.3. The van der Waals surface area contributed by atoms with E-state index >= 15 is 0 Å². The zero-order valence-electron chi connectivity index (χ0n) is 13.2. The van der Waals surface area contributed by atoms with Crippen LogP contribution in [0.5, 0.6) is 11.5 Å². The molecular weight excluding hydrogens is 308 g/mol. The Labute approximate surface area is 139 Å². The van der Waals surface area contributed by atoms with E-state index in [9.17, 15) is 9.59 Å². The number of ether oxygens (including phenoxy) is 2. The van der Waals surface area contributed by atoms with Gasteiger partial charge in [-0.25, -0.2) is 4.79 Å². The van der Waals surface area contributed by atoms with Gasteiger partial charge in [0.05, 0.1) is 24.4 Å². The molecule has 6 heteroatoms. The molecule has 0 aliphatic carbocycles. The third-order valence-electron chi connectivity index (χ3n) is 3.56. The second-order valence-electron chi connectivity index (χ2n) is 5.30. The highest BCUT2D eigenvalue weighted by atomic mass is 16.5. The molecule has 124 valence electrons. The Balaban J connectivity index is 1.66. The number of carbonyl (C=O) groups is 2. The number of nitrogens with one attached hydrogen (secondary N) is 2. The summed E-state index contributed by atoms with van der Waals surface area (Å²) in [5.41, 5.74) is 1.28. The van der Waals surface area contributed by atoms with Crippen molar-refractivity contribution in [3.8, 4) is 11.5 Å². The van der Waals surface area contributed by atoms with Crippen LogP contribution in [0.15, 0.2) is 48.5 Å². The molecule has 1 heterocycles. The summed E-state index contributed by atoms with van der Waals surface area (Å²) >= 11 is 0. The molecule has 1 amide bonds. The number of carbonyl (C=O) groups excluding carboxylic acids is 2. The summed E-state index contributed by atoms with van der Waals surface area (Å²) in [6, 6.07) is 13.6. The van der Waals surface area contributed by atoms with Crippen LogP contribution in [0, 0.1) is 0 Å². The van der Waals surface area contributed by atoms with E-state index in [2.05, 4.69) is 10.6 Å². The zero-order chi connectivity index (χ0) is 16.9. The lowest BCUT2D eigenvalue weighted by Crippen LogP contribution is -2.39. The fourth-order valence-electron chi connectivity index (χ4n) is 2.47. The number of anilines is 2. The monoisotopic (exact) mass is 326 g/mol. The first-order valence-corrected chi connectivity index (χ1v) is 7.76. The van der Waals surface area contributed by atoms with Crippen molar-refractivity contribution in [3.05, 3.63) is 48.5 Å². The molecule has 1 atom stereocenters. The van der Waals surface area contributed by atoms with Crippen molar-refractivity contribution in [2.75, 3.05) is 17.2 Å². The van der Waals surface area contributed by atoms with E-state index < -0.39 is 12.0 Å². The van der Waals surface area contributed by atoms with Gasteiger partial charge in [0.1, 0.15) is 11.8 Å². The summed E-state index contributed by atoms with van der Waals surface area (Å²) in [5, 5.41) is 5.81. The molecule has 0 saturated carbocycles. The Morgan fingerprint density at radius 3 is 2.79 bits per heavy atom. The molecule has 2 aromatic carbocycles. The van der Waals surface area contributed by atoms with E-state index in [0.29, 0.717) is 29.5 Å². The van der Waals surface area contributed by atoms with E-state index in [1.807, 2.05) is 25.1 Å². The summed E-state index contributed by atoms with van der Waals surface area (Å²) in [6.45, 7) is 2.37. The summed E-state index contributed by atoms with van der Waals surface area (Å²) in [5.74, 6) is 0.302. The molecule has 1 aliphatic heterocycles. The smallest absolute Gasteiger partial charge is 0.334 e. The van der Waals surface area contributed by atoms with Crippen molar-refractivity contribution in [1.29, 1.82) is 0 Å². The molecule has 0 aromatic heterocycles. The molecular formula is C18H18N2O4. The van der Waals surface area contributed by atoms with Crippen molar-refractivity contribution in [3.63, 3.8) is 0 Å². The second-order valence-corrected chi connectivity index (χ2v) is 5.30. The molecule has 0 saturated heterocycles. The fraction of sp³-hybridized carbons (Fsp3) is 0.222. The minimum Gasteiger partial charge on any atom is -0.492 e. The average molecular weight is 326 g/mol. The van der Waals surface area contributed by atoms with Crippen LogP contribution in [0.1, 0.15) is 13.3 Å². The standard InChI is InChI=1S/C18H18N2O4/c1-2-23-15-9-5-3-7-12(15)20-17(21)11-14-18(22)24-16-10-6-4-8-13(16)19-14/h3-10,14,19H,2,11H2,1H3,(H,20,21)/t14-/m1/s1. The summed E-state index contributed by atoms with van der Waals surface area (Å²) in [7, 11) is 0. The van der Waals surface area contributed by atoms with E-state index in [-0.39, 0.29) is 12.3 Å². The number of amides is 1. The van der Waals surface area contributed by atoms with Crippen molar-refractivity contribution < 1.29 is 19.1 Å². The van der Waals surface area contributed by atoms with Crippen LogP contribution in [0.2, 0.25) is 0 Å². The van der Waals surface area contributed by atoms with Crippen LogP contribution in [-0.2, 0) is 9.59 Å². The summed E-state index contributed by atoms with van der Waals surface area (Å²) < 4.78 is 10.7. The van der Waals surface area contributed by atoms with Gasteiger partial charge in [0.25, 0.3) is 0 Å². The lowest BCUT2D eigenvalue weighted by atomic mass is 10.1.